The van der Waals surface area contributed by atoms with Crippen LogP contribution < -0.4 is 10.2 Å². The maximum atomic E-state index is 12.8. The molecule has 0 aliphatic carbocycles. The number of fused-ring (bicyclic) bond motifs is 1. The van der Waals surface area contributed by atoms with E-state index in [9.17, 15) is 4.79 Å². The standard InChI is InChI=1S/C23H27N3OS/c1-15(2)17-7-9-19(10-8-17)24-22(27)18-5-4-12-26(14-18)23-25-20-11-6-16(3)13-21(20)28-23/h6-11,13,15,18H,4-5,12,14H2,1-3H3,(H,24,27). The monoisotopic (exact) mass is 393 g/mol. The number of rotatable bonds is 4. The molecule has 1 unspecified atom stereocenters. The van der Waals surface area contributed by atoms with Gasteiger partial charge in [0.25, 0.3) is 0 Å². The van der Waals surface area contributed by atoms with Gasteiger partial charge in [-0.25, -0.2) is 4.98 Å². The van der Waals surface area contributed by atoms with Gasteiger partial charge in [0.1, 0.15) is 0 Å². The largest absolute Gasteiger partial charge is 0.347 e. The first-order chi connectivity index (χ1) is 13.5. The van der Waals surface area contributed by atoms with Gasteiger partial charge in [0.05, 0.1) is 16.1 Å². The van der Waals surface area contributed by atoms with E-state index in [1.165, 1.54) is 15.8 Å². The van der Waals surface area contributed by atoms with Crippen molar-refractivity contribution in [2.45, 2.75) is 39.5 Å². The number of carbonyl (C=O) groups is 1. The summed E-state index contributed by atoms with van der Waals surface area (Å²) in [6.45, 7) is 8.15. The van der Waals surface area contributed by atoms with Crippen LogP contribution in [0.15, 0.2) is 42.5 Å². The first kappa shape index (κ1) is 18.9. The predicted octanol–water partition coefficient (Wildman–Crippen LogP) is 5.58. The van der Waals surface area contributed by atoms with Crippen LogP contribution in [0, 0.1) is 12.8 Å². The number of nitrogens with zero attached hydrogens (tertiary/aromatic N) is 2. The van der Waals surface area contributed by atoms with Crippen LogP contribution in [0.3, 0.4) is 0 Å². The molecule has 0 radical (unpaired) electrons. The van der Waals surface area contributed by atoms with Gasteiger partial charge in [0.15, 0.2) is 5.13 Å². The van der Waals surface area contributed by atoms with E-state index in [4.69, 9.17) is 4.98 Å². The summed E-state index contributed by atoms with van der Waals surface area (Å²) in [6.07, 6.45) is 1.94. The Morgan fingerprint density at radius 2 is 2.00 bits per heavy atom. The van der Waals surface area contributed by atoms with E-state index in [-0.39, 0.29) is 11.8 Å². The Morgan fingerprint density at radius 3 is 2.75 bits per heavy atom. The third-order valence-electron chi connectivity index (χ3n) is 5.44. The van der Waals surface area contributed by atoms with E-state index in [0.717, 1.165) is 42.3 Å². The third-order valence-corrected chi connectivity index (χ3v) is 6.52. The zero-order chi connectivity index (χ0) is 19.7. The number of aryl methyl sites for hydroxylation is 1. The van der Waals surface area contributed by atoms with Crippen molar-refractivity contribution in [2.24, 2.45) is 5.92 Å². The Kier molecular flexibility index (Phi) is 5.36. The number of nitrogens with one attached hydrogen (secondary N) is 1. The van der Waals surface area contributed by atoms with Crippen molar-refractivity contribution < 1.29 is 4.79 Å². The van der Waals surface area contributed by atoms with E-state index < -0.39 is 0 Å². The molecular weight excluding hydrogens is 366 g/mol. The van der Waals surface area contributed by atoms with E-state index >= 15 is 0 Å². The number of benzene rings is 2. The fraction of sp³-hybridized carbons (Fsp3) is 0.391. The molecule has 2 aromatic carbocycles. The number of anilines is 2. The summed E-state index contributed by atoms with van der Waals surface area (Å²) >= 11 is 1.72. The Hall–Kier alpha value is -2.40. The van der Waals surface area contributed by atoms with Crippen molar-refractivity contribution in [3.05, 3.63) is 53.6 Å². The Labute approximate surface area is 170 Å². The van der Waals surface area contributed by atoms with Crippen LogP contribution in [0.5, 0.6) is 0 Å². The lowest BCUT2D eigenvalue weighted by atomic mass is 9.97. The molecule has 1 amide bonds. The fourth-order valence-electron chi connectivity index (χ4n) is 3.72. The van der Waals surface area contributed by atoms with Gasteiger partial charge in [0.2, 0.25) is 5.91 Å². The molecule has 1 aromatic heterocycles. The van der Waals surface area contributed by atoms with E-state index in [0.29, 0.717) is 5.92 Å². The number of hydrogen-bond acceptors (Lipinski definition) is 4. The maximum absolute atomic E-state index is 12.8. The zero-order valence-electron chi connectivity index (χ0n) is 16.7. The number of thiazole rings is 1. The quantitative estimate of drug-likeness (QED) is 0.629. The molecule has 1 atom stereocenters. The smallest absolute Gasteiger partial charge is 0.229 e. The summed E-state index contributed by atoms with van der Waals surface area (Å²) in [5.41, 5.74) is 4.46. The second-order valence-corrected chi connectivity index (χ2v) is 9.03. The average Bonchev–Trinajstić information content (AvgIpc) is 3.11. The lowest BCUT2D eigenvalue weighted by Crippen LogP contribution is -2.40. The Morgan fingerprint density at radius 1 is 1.21 bits per heavy atom. The van der Waals surface area contributed by atoms with Crippen molar-refractivity contribution in [3.63, 3.8) is 0 Å². The summed E-state index contributed by atoms with van der Waals surface area (Å²) in [5.74, 6) is 0.598. The summed E-state index contributed by atoms with van der Waals surface area (Å²) < 4.78 is 1.21. The summed E-state index contributed by atoms with van der Waals surface area (Å²) in [6, 6.07) is 14.6. The van der Waals surface area contributed by atoms with Crippen LogP contribution in [0.2, 0.25) is 0 Å². The molecule has 3 aromatic rings. The molecule has 1 saturated heterocycles. The number of hydrogen-bond donors (Lipinski definition) is 1. The van der Waals surface area contributed by atoms with Gasteiger partial charge in [0, 0.05) is 18.8 Å². The SMILES string of the molecule is Cc1ccc2nc(N3CCCC(C(=O)Nc4ccc(C(C)C)cc4)C3)sc2c1. The molecule has 1 aliphatic heterocycles. The number of aromatic nitrogens is 1. The molecule has 1 fully saturated rings. The second kappa shape index (κ2) is 7.92. The molecule has 146 valence electrons. The molecule has 5 heteroatoms. The van der Waals surface area contributed by atoms with Gasteiger partial charge in [-0.3, -0.25) is 4.79 Å². The summed E-state index contributed by atoms with van der Waals surface area (Å²) in [4.78, 5) is 19.9. The second-order valence-electron chi connectivity index (χ2n) is 8.02. The molecule has 4 nitrogen and oxygen atoms in total. The molecule has 0 spiro atoms. The van der Waals surface area contributed by atoms with Gasteiger partial charge in [-0.1, -0.05) is 43.4 Å². The van der Waals surface area contributed by atoms with E-state index in [1.807, 2.05) is 12.1 Å². The first-order valence-corrected chi connectivity index (χ1v) is 10.8. The highest BCUT2D eigenvalue weighted by Gasteiger charge is 2.27. The van der Waals surface area contributed by atoms with Gasteiger partial charge in [-0.2, -0.15) is 0 Å². The Balaban J connectivity index is 1.44. The van der Waals surface area contributed by atoms with Gasteiger partial charge >= 0.3 is 0 Å². The molecule has 1 aliphatic rings. The van der Waals surface area contributed by atoms with Crippen LogP contribution in [-0.4, -0.2) is 24.0 Å². The summed E-state index contributed by atoms with van der Waals surface area (Å²) in [5, 5.41) is 4.13. The van der Waals surface area contributed by atoms with Crippen LogP contribution in [0.4, 0.5) is 10.8 Å². The first-order valence-electron chi connectivity index (χ1n) is 10.0. The lowest BCUT2D eigenvalue weighted by Gasteiger charge is -2.31. The van der Waals surface area contributed by atoms with Gasteiger partial charge < -0.3 is 10.2 Å². The van der Waals surface area contributed by atoms with Gasteiger partial charge in [-0.15, -0.1) is 0 Å². The average molecular weight is 394 g/mol. The van der Waals surface area contributed by atoms with Crippen molar-refractivity contribution in [1.82, 2.24) is 4.98 Å². The highest BCUT2D eigenvalue weighted by molar-refractivity contribution is 7.22. The van der Waals surface area contributed by atoms with E-state index in [2.05, 4.69) is 61.3 Å². The summed E-state index contributed by atoms with van der Waals surface area (Å²) in [7, 11) is 0. The highest BCUT2D eigenvalue weighted by atomic mass is 32.1. The predicted molar refractivity (Wildman–Crippen MR) is 118 cm³/mol. The molecular formula is C23H27N3OS. The minimum absolute atomic E-state index is 0.00715. The molecule has 0 bridgehead atoms. The molecule has 28 heavy (non-hydrogen) atoms. The number of piperidine rings is 1. The topological polar surface area (TPSA) is 45.2 Å². The van der Waals surface area contributed by atoms with Gasteiger partial charge in [-0.05, 0) is 61.1 Å². The van der Waals surface area contributed by atoms with Crippen molar-refractivity contribution >= 4 is 38.3 Å². The molecule has 2 heterocycles. The van der Waals surface area contributed by atoms with Crippen molar-refractivity contribution in [3.8, 4) is 0 Å². The Bertz CT molecular complexity index is 977. The normalized spacial score (nSPS) is 17.3. The third kappa shape index (κ3) is 4.04. The zero-order valence-corrected chi connectivity index (χ0v) is 17.6. The number of carbonyl (C=O) groups excluding carboxylic acids is 1. The fourth-order valence-corrected chi connectivity index (χ4v) is 4.81. The van der Waals surface area contributed by atoms with Crippen LogP contribution >= 0.6 is 11.3 Å². The molecule has 4 rings (SSSR count). The van der Waals surface area contributed by atoms with Crippen molar-refractivity contribution in [1.29, 1.82) is 0 Å². The molecule has 0 saturated carbocycles. The maximum Gasteiger partial charge on any atom is 0.229 e. The lowest BCUT2D eigenvalue weighted by molar-refractivity contribution is -0.120. The molecule has 1 N–H and O–H groups in total. The van der Waals surface area contributed by atoms with E-state index in [1.54, 1.807) is 11.3 Å². The minimum atomic E-state index is -0.00715. The van der Waals surface area contributed by atoms with Crippen LogP contribution in [0.25, 0.3) is 10.2 Å². The minimum Gasteiger partial charge on any atom is -0.347 e. The highest BCUT2D eigenvalue weighted by Crippen LogP contribution is 2.32. The van der Waals surface area contributed by atoms with Crippen molar-refractivity contribution in [2.75, 3.05) is 23.3 Å². The number of amides is 1. The van der Waals surface area contributed by atoms with Crippen LogP contribution in [-0.2, 0) is 4.79 Å². The van der Waals surface area contributed by atoms with Crippen LogP contribution in [0.1, 0.15) is 43.7 Å².